The molecule has 0 aromatic carbocycles. The van der Waals surface area contributed by atoms with Gasteiger partial charge in [0.25, 0.3) is 0 Å². The molecule has 0 aromatic rings. The van der Waals surface area contributed by atoms with E-state index in [1.807, 2.05) is 0 Å². The van der Waals surface area contributed by atoms with Gasteiger partial charge in [0.2, 0.25) is 0 Å². The number of nitrogens with two attached hydrogens (primary N) is 1. The standard InChI is InChI=1S/C10H22FNO4.ClH/c11-1-3-13-5-7-15-9-10-16-8-6-14-4-2-12;/h1-10,12H2;1H. The van der Waals surface area contributed by atoms with Crippen LogP contribution in [0.25, 0.3) is 0 Å². The first kappa shape index (κ1) is 19.4. The van der Waals surface area contributed by atoms with E-state index in [4.69, 9.17) is 24.7 Å². The second kappa shape index (κ2) is 18.4. The Labute approximate surface area is 108 Å². The van der Waals surface area contributed by atoms with Gasteiger partial charge in [-0.25, -0.2) is 4.39 Å². The highest BCUT2D eigenvalue weighted by Gasteiger charge is 1.91. The van der Waals surface area contributed by atoms with Crippen molar-refractivity contribution in [3.63, 3.8) is 0 Å². The molecule has 0 aliphatic carbocycles. The first-order valence-electron chi connectivity index (χ1n) is 5.48. The summed E-state index contributed by atoms with van der Waals surface area (Å²) in [5.41, 5.74) is 5.24. The zero-order valence-electron chi connectivity index (χ0n) is 10.1. The summed E-state index contributed by atoms with van der Waals surface area (Å²) in [5, 5.41) is 0. The summed E-state index contributed by atoms with van der Waals surface area (Å²) in [6, 6.07) is 0. The second-order valence-corrected chi connectivity index (χ2v) is 2.93. The predicted octanol–water partition coefficient (Wildman–Crippen LogP) is 0.403. The molecule has 0 amide bonds. The Morgan fingerprint density at radius 2 is 1.00 bits per heavy atom. The van der Waals surface area contributed by atoms with Crippen LogP contribution >= 0.6 is 12.4 Å². The fourth-order valence-corrected chi connectivity index (χ4v) is 0.900. The molecule has 0 aliphatic rings. The lowest BCUT2D eigenvalue weighted by Gasteiger charge is -2.06. The molecule has 5 nitrogen and oxygen atoms in total. The first-order chi connectivity index (χ1) is 7.91. The van der Waals surface area contributed by atoms with Crippen LogP contribution in [0.3, 0.4) is 0 Å². The van der Waals surface area contributed by atoms with Crippen molar-refractivity contribution in [2.24, 2.45) is 5.73 Å². The summed E-state index contributed by atoms with van der Waals surface area (Å²) in [4.78, 5) is 0. The lowest BCUT2D eigenvalue weighted by molar-refractivity contribution is -0.00219. The molecule has 0 unspecified atom stereocenters. The quantitative estimate of drug-likeness (QED) is 0.493. The van der Waals surface area contributed by atoms with Crippen molar-refractivity contribution in [3.05, 3.63) is 0 Å². The van der Waals surface area contributed by atoms with Crippen LogP contribution < -0.4 is 5.73 Å². The summed E-state index contributed by atoms with van der Waals surface area (Å²) in [7, 11) is 0. The largest absolute Gasteiger partial charge is 0.378 e. The second-order valence-electron chi connectivity index (χ2n) is 2.93. The number of hydrogen-bond acceptors (Lipinski definition) is 5. The molecule has 0 bridgehead atoms. The van der Waals surface area contributed by atoms with Crippen molar-refractivity contribution in [2.75, 3.05) is 66.1 Å². The van der Waals surface area contributed by atoms with E-state index in [-0.39, 0.29) is 19.0 Å². The molecule has 0 rings (SSSR count). The van der Waals surface area contributed by atoms with E-state index >= 15 is 0 Å². The summed E-state index contributed by atoms with van der Waals surface area (Å²) in [6.45, 7) is 3.79. The van der Waals surface area contributed by atoms with Gasteiger partial charge < -0.3 is 24.7 Å². The van der Waals surface area contributed by atoms with Crippen LogP contribution in [-0.2, 0) is 18.9 Å². The van der Waals surface area contributed by atoms with Crippen LogP contribution in [0.15, 0.2) is 0 Å². The molecule has 106 valence electrons. The maximum atomic E-state index is 11.6. The third-order valence-corrected chi connectivity index (χ3v) is 1.60. The van der Waals surface area contributed by atoms with Crippen LogP contribution in [0.1, 0.15) is 0 Å². The van der Waals surface area contributed by atoms with Crippen LogP contribution in [0.2, 0.25) is 0 Å². The number of halogens is 2. The van der Waals surface area contributed by atoms with Gasteiger partial charge >= 0.3 is 0 Å². The molecule has 0 radical (unpaired) electrons. The Kier molecular flexibility index (Phi) is 20.9. The third-order valence-electron chi connectivity index (χ3n) is 1.60. The van der Waals surface area contributed by atoms with Gasteiger partial charge in [0, 0.05) is 6.54 Å². The Morgan fingerprint density at radius 3 is 1.35 bits per heavy atom. The van der Waals surface area contributed by atoms with E-state index in [0.29, 0.717) is 52.8 Å². The number of hydrogen-bond donors (Lipinski definition) is 1. The van der Waals surface area contributed by atoms with E-state index in [9.17, 15) is 4.39 Å². The van der Waals surface area contributed by atoms with Gasteiger partial charge in [0.1, 0.15) is 6.67 Å². The fraction of sp³-hybridized carbons (Fsp3) is 1.00. The molecule has 7 heteroatoms. The Bertz CT molecular complexity index is 121. The van der Waals surface area contributed by atoms with E-state index in [1.54, 1.807) is 0 Å². The molecule has 0 aliphatic heterocycles. The maximum Gasteiger partial charge on any atom is 0.113 e. The minimum absolute atomic E-state index is 0. The molecular weight excluding hydrogens is 253 g/mol. The Balaban J connectivity index is 0. The third kappa shape index (κ3) is 18.6. The van der Waals surface area contributed by atoms with Gasteiger partial charge in [-0.2, -0.15) is 0 Å². The minimum atomic E-state index is -0.452. The highest BCUT2D eigenvalue weighted by atomic mass is 35.5. The Hall–Kier alpha value is 0.0200. The molecule has 0 aromatic heterocycles. The molecule has 17 heavy (non-hydrogen) atoms. The first-order valence-corrected chi connectivity index (χ1v) is 5.48. The molecule has 2 N–H and O–H groups in total. The molecule has 0 spiro atoms. The maximum absolute atomic E-state index is 11.6. The topological polar surface area (TPSA) is 62.9 Å². The zero-order valence-corrected chi connectivity index (χ0v) is 10.9. The van der Waals surface area contributed by atoms with E-state index in [2.05, 4.69) is 0 Å². The summed E-state index contributed by atoms with van der Waals surface area (Å²) < 4.78 is 32.0. The smallest absolute Gasteiger partial charge is 0.113 e. The molecule has 0 fully saturated rings. The van der Waals surface area contributed by atoms with Crippen molar-refractivity contribution in [3.8, 4) is 0 Å². The number of ether oxygens (including phenoxy) is 4. The van der Waals surface area contributed by atoms with Crippen LogP contribution in [0.4, 0.5) is 4.39 Å². The number of rotatable bonds is 13. The van der Waals surface area contributed by atoms with Gasteiger partial charge in [-0.1, -0.05) is 0 Å². The molecule has 0 saturated heterocycles. The van der Waals surface area contributed by atoms with E-state index < -0.39 is 6.67 Å². The van der Waals surface area contributed by atoms with Gasteiger partial charge in [-0.3, -0.25) is 0 Å². The van der Waals surface area contributed by atoms with Crippen LogP contribution in [-0.4, -0.2) is 66.1 Å². The summed E-state index contributed by atoms with van der Waals surface area (Å²) in [5.74, 6) is 0. The minimum Gasteiger partial charge on any atom is -0.378 e. The van der Waals surface area contributed by atoms with Crippen molar-refractivity contribution < 1.29 is 23.3 Å². The van der Waals surface area contributed by atoms with Crippen LogP contribution in [0.5, 0.6) is 0 Å². The average molecular weight is 276 g/mol. The Morgan fingerprint density at radius 1 is 0.647 bits per heavy atom. The molecule has 0 atom stereocenters. The van der Waals surface area contributed by atoms with Crippen molar-refractivity contribution in [1.29, 1.82) is 0 Å². The lowest BCUT2D eigenvalue weighted by Crippen LogP contribution is -2.14. The highest BCUT2D eigenvalue weighted by molar-refractivity contribution is 5.85. The summed E-state index contributed by atoms with van der Waals surface area (Å²) in [6.07, 6.45) is 0. The molecular formula is C10H23ClFNO4. The van der Waals surface area contributed by atoms with Crippen LogP contribution in [0, 0.1) is 0 Å². The summed E-state index contributed by atoms with van der Waals surface area (Å²) >= 11 is 0. The monoisotopic (exact) mass is 275 g/mol. The van der Waals surface area contributed by atoms with Crippen molar-refractivity contribution >= 4 is 12.4 Å². The lowest BCUT2D eigenvalue weighted by atomic mass is 10.7. The van der Waals surface area contributed by atoms with Gasteiger partial charge in [0.05, 0.1) is 52.9 Å². The normalized spacial score (nSPS) is 10.2. The number of alkyl halides is 1. The molecule has 0 saturated carbocycles. The van der Waals surface area contributed by atoms with E-state index in [0.717, 1.165) is 0 Å². The average Bonchev–Trinajstić information content (AvgIpc) is 2.31. The van der Waals surface area contributed by atoms with Crippen molar-refractivity contribution in [2.45, 2.75) is 0 Å². The molecule has 0 heterocycles. The fourth-order valence-electron chi connectivity index (χ4n) is 0.900. The SMILES string of the molecule is Cl.NCCOCCOCCOCCOCCF. The van der Waals surface area contributed by atoms with Gasteiger partial charge in [-0.15, -0.1) is 12.4 Å². The van der Waals surface area contributed by atoms with Gasteiger partial charge in [0.15, 0.2) is 0 Å². The van der Waals surface area contributed by atoms with E-state index in [1.165, 1.54) is 0 Å². The van der Waals surface area contributed by atoms with Gasteiger partial charge in [-0.05, 0) is 0 Å². The highest BCUT2D eigenvalue weighted by Crippen LogP contribution is 1.82. The van der Waals surface area contributed by atoms with Crippen molar-refractivity contribution in [1.82, 2.24) is 0 Å². The predicted molar refractivity (Wildman–Crippen MR) is 65.6 cm³/mol. The zero-order chi connectivity index (χ0) is 11.9.